The molecule has 0 unspecified atom stereocenters. The molecule has 13 heavy (non-hydrogen) atoms. The second-order valence-corrected chi connectivity index (χ2v) is 4.74. The van der Waals surface area contributed by atoms with Gasteiger partial charge in [0.05, 0.1) is 17.9 Å². The zero-order valence-electron chi connectivity index (χ0n) is 8.87. The maximum absolute atomic E-state index is 5.84. The quantitative estimate of drug-likeness (QED) is 0.574. The molecule has 0 aromatic heterocycles. The zero-order valence-corrected chi connectivity index (χ0v) is 8.87. The van der Waals surface area contributed by atoms with Crippen molar-refractivity contribution in [1.82, 2.24) is 5.01 Å². The third kappa shape index (κ3) is 1.26. The highest BCUT2D eigenvalue weighted by Gasteiger charge is 2.52. The van der Waals surface area contributed by atoms with E-state index in [9.17, 15) is 0 Å². The minimum atomic E-state index is 0.146. The molecule has 2 saturated heterocycles. The lowest BCUT2D eigenvalue weighted by molar-refractivity contribution is 0.0738. The highest BCUT2D eigenvalue weighted by atomic mass is 16.5. The summed E-state index contributed by atoms with van der Waals surface area (Å²) in [4.78, 5) is 0. The van der Waals surface area contributed by atoms with Crippen LogP contribution in [0.2, 0.25) is 0 Å². The predicted octanol–water partition coefficient (Wildman–Crippen LogP) is 1.49. The molecule has 3 heteroatoms. The predicted molar refractivity (Wildman–Crippen MR) is 52.8 cm³/mol. The molecule has 0 spiro atoms. The molecule has 74 valence electrons. The van der Waals surface area contributed by atoms with Crippen molar-refractivity contribution >= 4 is 5.71 Å². The van der Waals surface area contributed by atoms with Gasteiger partial charge in [-0.1, -0.05) is 13.8 Å². The molecule has 0 aliphatic carbocycles. The highest BCUT2D eigenvalue weighted by molar-refractivity contribution is 5.96. The summed E-state index contributed by atoms with van der Waals surface area (Å²) in [6.07, 6.45) is 3.05. The fourth-order valence-electron chi connectivity index (χ4n) is 2.36. The Morgan fingerprint density at radius 1 is 1.38 bits per heavy atom. The lowest BCUT2D eigenvalue weighted by atomic mass is 9.75. The second kappa shape index (κ2) is 2.71. The Morgan fingerprint density at radius 2 is 2.08 bits per heavy atom. The van der Waals surface area contributed by atoms with Crippen LogP contribution in [0.25, 0.3) is 0 Å². The van der Waals surface area contributed by atoms with Crippen LogP contribution in [0.5, 0.6) is 0 Å². The minimum Gasteiger partial charge on any atom is -0.368 e. The van der Waals surface area contributed by atoms with E-state index in [-0.39, 0.29) is 5.41 Å². The Labute approximate surface area is 79.8 Å². The summed E-state index contributed by atoms with van der Waals surface area (Å²) in [6.45, 7) is 4.47. The van der Waals surface area contributed by atoms with Crippen molar-refractivity contribution in [2.45, 2.75) is 38.9 Å². The summed E-state index contributed by atoms with van der Waals surface area (Å²) < 4.78 is 5.84. The molecule has 0 radical (unpaired) electrons. The Morgan fingerprint density at radius 3 is 2.54 bits per heavy atom. The summed E-state index contributed by atoms with van der Waals surface area (Å²) in [5.41, 5.74) is 1.38. The monoisotopic (exact) mass is 182 g/mol. The van der Waals surface area contributed by atoms with Crippen molar-refractivity contribution in [2.75, 3.05) is 14.1 Å². The number of nitrogens with zero attached hydrogens (tertiary/aromatic N) is 2. The fourth-order valence-corrected chi connectivity index (χ4v) is 2.36. The summed E-state index contributed by atoms with van der Waals surface area (Å²) in [7, 11) is 3.93. The van der Waals surface area contributed by atoms with Crippen molar-refractivity contribution in [3.8, 4) is 0 Å². The normalized spacial score (nSPS) is 38.6. The summed E-state index contributed by atoms with van der Waals surface area (Å²) in [5, 5.41) is 6.41. The maximum atomic E-state index is 5.84. The average Bonchev–Trinajstić information content (AvgIpc) is 2.53. The van der Waals surface area contributed by atoms with Gasteiger partial charge in [0, 0.05) is 19.5 Å². The average molecular weight is 182 g/mol. The Hall–Kier alpha value is -0.570. The molecular formula is C10H18N2O. The standard InChI is InChI=1S/C10H18N2O/c1-10(2)8-6-5-7(13-8)9(10)11-12(3)4/h7-8H,5-6H2,1-4H3/b11-9-/t7-,8+/m1/s1. The Bertz CT molecular complexity index is 245. The first kappa shape index (κ1) is 9.00. The number of hydrogen-bond acceptors (Lipinski definition) is 3. The van der Waals surface area contributed by atoms with Crippen LogP contribution in [-0.2, 0) is 4.74 Å². The van der Waals surface area contributed by atoms with E-state index >= 15 is 0 Å². The third-order valence-corrected chi connectivity index (χ3v) is 3.10. The molecule has 2 fully saturated rings. The van der Waals surface area contributed by atoms with E-state index in [4.69, 9.17) is 4.74 Å². The topological polar surface area (TPSA) is 24.8 Å². The lowest BCUT2D eigenvalue weighted by Crippen LogP contribution is -2.36. The van der Waals surface area contributed by atoms with Gasteiger partial charge < -0.3 is 9.75 Å². The second-order valence-electron chi connectivity index (χ2n) is 4.74. The van der Waals surface area contributed by atoms with Gasteiger partial charge in [0.15, 0.2) is 0 Å². The van der Waals surface area contributed by atoms with Gasteiger partial charge in [-0.15, -0.1) is 0 Å². The molecule has 2 rings (SSSR count). The first-order valence-corrected chi connectivity index (χ1v) is 4.93. The molecule has 2 aliphatic rings. The van der Waals surface area contributed by atoms with E-state index in [2.05, 4.69) is 18.9 Å². The molecule has 0 N–H and O–H groups in total. The van der Waals surface area contributed by atoms with Gasteiger partial charge in [-0.3, -0.25) is 0 Å². The van der Waals surface area contributed by atoms with E-state index < -0.39 is 0 Å². The Kier molecular flexibility index (Phi) is 1.88. The van der Waals surface area contributed by atoms with Crippen LogP contribution in [0.1, 0.15) is 26.7 Å². The van der Waals surface area contributed by atoms with E-state index in [1.165, 1.54) is 12.1 Å². The van der Waals surface area contributed by atoms with Gasteiger partial charge in [-0.05, 0) is 12.8 Å². The van der Waals surface area contributed by atoms with Crippen LogP contribution in [0.4, 0.5) is 0 Å². The van der Waals surface area contributed by atoms with Gasteiger partial charge in [0.25, 0.3) is 0 Å². The number of ether oxygens (including phenoxy) is 1. The van der Waals surface area contributed by atoms with Crippen molar-refractivity contribution in [1.29, 1.82) is 0 Å². The van der Waals surface area contributed by atoms with Gasteiger partial charge in [0.2, 0.25) is 0 Å². The van der Waals surface area contributed by atoms with Crippen molar-refractivity contribution < 1.29 is 4.74 Å². The van der Waals surface area contributed by atoms with Crippen molar-refractivity contribution in [3.05, 3.63) is 0 Å². The SMILES string of the molecule is CN(C)/N=C1/[C@H]2CC[C@H](O2)C1(C)C. The molecule has 3 nitrogen and oxygen atoms in total. The zero-order chi connectivity index (χ0) is 9.64. The minimum absolute atomic E-state index is 0.146. The van der Waals surface area contributed by atoms with Gasteiger partial charge >= 0.3 is 0 Å². The van der Waals surface area contributed by atoms with Gasteiger partial charge in [-0.25, -0.2) is 0 Å². The number of hydrazone groups is 1. The number of rotatable bonds is 1. The van der Waals surface area contributed by atoms with Gasteiger partial charge in [0.1, 0.15) is 0 Å². The first-order chi connectivity index (χ1) is 6.01. The van der Waals surface area contributed by atoms with Crippen LogP contribution in [0, 0.1) is 5.41 Å². The van der Waals surface area contributed by atoms with Crippen molar-refractivity contribution in [2.24, 2.45) is 10.5 Å². The van der Waals surface area contributed by atoms with Crippen LogP contribution < -0.4 is 0 Å². The highest BCUT2D eigenvalue weighted by Crippen LogP contribution is 2.45. The molecule has 0 aromatic rings. The number of hydrogen-bond donors (Lipinski definition) is 0. The van der Waals surface area contributed by atoms with E-state index in [0.29, 0.717) is 12.2 Å². The van der Waals surface area contributed by atoms with Crippen LogP contribution in [-0.4, -0.2) is 37.0 Å². The van der Waals surface area contributed by atoms with Gasteiger partial charge in [-0.2, -0.15) is 5.10 Å². The molecule has 0 saturated carbocycles. The largest absolute Gasteiger partial charge is 0.368 e. The molecular weight excluding hydrogens is 164 g/mol. The van der Waals surface area contributed by atoms with Crippen molar-refractivity contribution in [3.63, 3.8) is 0 Å². The lowest BCUT2D eigenvalue weighted by Gasteiger charge is -2.28. The summed E-state index contributed by atoms with van der Waals surface area (Å²) in [5.74, 6) is 0. The van der Waals surface area contributed by atoms with E-state index in [1.54, 1.807) is 0 Å². The molecule has 0 aromatic carbocycles. The van der Waals surface area contributed by atoms with E-state index in [0.717, 1.165) is 6.42 Å². The molecule has 2 aliphatic heterocycles. The maximum Gasteiger partial charge on any atom is 0.0985 e. The summed E-state index contributed by atoms with van der Waals surface area (Å²) in [6, 6.07) is 0. The Balaban J connectivity index is 2.28. The van der Waals surface area contributed by atoms with Crippen LogP contribution in [0.15, 0.2) is 5.10 Å². The molecule has 2 heterocycles. The molecule has 2 atom stereocenters. The van der Waals surface area contributed by atoms with E-state index in [1.807, 2.05) is 19.1 Å². The molecule has 2 bridgehead atoms. The van der Waals surface area contributed by atoms with Crippen LogP contribution >= 0.6 is 0 Å². The smallest absolute Gasteiger partial charge is 0.0985 e. The summed E-state index contributed by atoms with van der Waals surface area (Å²) >= 11 is 0. The fraction of sp³-hybridized carbons (Fsp3) is 0.900. The van der Waals surface area contributed by atoms with Crippen LogP contribution in [0.3, 0.4) is 0 Å². The number of fused-ring (bicyclic) bond motifs is 2. The third-order valence-electron chi connectivity index (χ3n) is 3.10. The first-order valence-electron chi connectivity index (χ1n) is 4.93. The molecule has 0 amide bonds.